The molecule has 0 spiro atoms. The zero-order valence-electron chi connectivity index (χ0n) is 17.0. The summed E-state index contributed by atoms with van der Waals surface area (Å²) in [6.07, 6.45) is 0. The van der Waals surface area contributed by atoms with E-state index in [0.29, 0.717) is 58.9 Å². The highest BCUT2D eigenvalue weighted by Gasteiger charge is 2.43. The number of methoxy groups -OCH3 is 3. The van der Waals surface area contributed by atoms with E-state index in [0.717, 1.165) is 4.90 Å². The summed E-state index contributed by atoms with van der Waals surface area (Å²) in [5.41, 5.74) is 0.977. The number of hydrogen-bond donors (Lipinski definition) is 0. The minimum absolute atomic E-state index is 0.308. The van der Waals surface area contributed by atoms with E-state index in [4.69, 9.17) is 25.8 Å². The number of amides is 2. The van der Waals surface area contributed by atoms with Crippen LogP contribution in [0, 0.1) is 0 Å². The maximum absolute atomic E-state index is 13.6. The van der Waals surface area contributed by atoms with Crippen LogP contribution in [0.4, 0.5) is 5.69 Å². The molecule has 9 heteroatoms. The first-order valence-corrected chi connectivity index (χ1v) is 10.5. The Kier molecular flexibility index (Phi) is 7.49. The van der Waals surface area contributed by atoms with E-state index in [-0.39, 0.29) is 0 Å². The Hall–Kier alpha value is -2.39. The Morgan fingerprint density at radius 3 is 2.30 bits per heavy atom. The van der Waals surface area contributed by atoms with Gasteiger partial charge in [0.25, 0.3) is 11.8 Å². The van der Waals surface area contributed by atoms with E-state index in [1.807, 2.05) is 22.4 Å². The molecule has 2 aromatic rings. The van der Waals surface area contributed by atoms with Crippen LogP contribution in [0.2, 0.25) is 5.02 Å². The molecule has 2 amide bonds. The number of ether oxygens (including phenoxy) is 3. The van der Waals surface area contributed by atoms with Gasteiger partial charge in [-0.2, -0.15) is 0 Å². The molecule has 1 aromatic heterocycles. The Morgan fingerprint density at radius 1 is 1.03 bits per heavy atom. The molecule has 0 atom stereocenters. The molecule has 0 fully saturated rings. The van der Waals surface area contributed by atoms with E-state index in [2.05, 4.69) is 0 Å². The van der Waals surface area contributed by atoms with Crippen molar-refractivity contribution < 1.29 is 23.8 Å². The summed E-state index contributed by atoms with van der Waals surface area (Å²) in [5.74, 6) is -0.470. The highest BCUT2D eigenvalue weighted by molar-refractivity contribution is 7.11. The molecule has 0 aliphatic carbocycles. The first-order chi connectivity index (χ1) is 14.5. The highest BCUT2D eigenvalue weighted by Crippen LogP contribution is 2.40. The van der Waals surface area contributed by atoms with Gasteiger partial charge in [-0.25, -0.2) is 4.90 Å². The van der Waals surface area contributed by atoms with Crippen LogP contribution in [0.3, 0.4) is 0 Å². The first-order valence-electron chi connectivity index (χ1n) is 9.26. The van der Waals surface area contributed by atoms with Crippen molar-refractivity contribution >= 4 is 46.0 Å². The lowest BCUT2D eigenvalue weighted by Gasteiger charge is -2.26. The average Bonchev–Trinajstić information content (AvgIpc) is 3.34. The van der Waals surface area contributed by atoms with Crippen LogP contribution in [0.1, 0.15) is 4.88 Å². The second-order valence-electron chi connectivity index (χ2n) is 6.44. The van der Waals surface area contributed by atoms with E-state index in [9.17, 15) is 9.59 Å². The molecular weight excluding hydrogens is 428 g/mol. The second-order valence-corrected chi connectivity index (χ2v) is 7.82. The highest BCUT2D eigenvalue weighted by atomic mass is 35.5. The van der Waals surface area contributed by atoms with Crippen LogP contribution in [-0.2, 0) is 19.1 Å². The summed E-state index contributed by atoms with van der Waals surface area (Å²) < 4.78 is 15.8. The Balaban J connectivity index is 2.12. The predicted molar refractivity (Wildman–Crippen MR) is 117 cm³/mol. The molecule has 0 unspecified atom stereocenters. The molecule has 0 bridgehead atoms. The molecule has 0 radical (unpaired) electrons. The van der Waals surface area contributed by atoms with Gasteiger partial charge in [0.05, 0.1) is 31.6 Å². The average molecular weight is 451 g/mol. The minimum atomic E-state index is -0.434. The van der Waals surface area contributed by atoms with Crippen LogP contribution in [0.5, 0.6) is 5.75 Å². The topological polar surface area (TPSA) is 68.3 Å². The Bertz CT molecular complexity index is 937. The third-order valence-corrected chi connectivity index (χ3v) is 5.78. The van der Waals surface area contributed by atoms with E-state index in [1.165, 1.54) is 18.4 Å². The number of imide groups is 1. The lowest BCUT2D eigenvalue weighted by Crippen LogP contribution is -2.37. The number of thiophene rings is 1. The number of carbonyl (C=O) groups is 2. The summed E-state index contributed by atoms with van der Waals surface area (Å²) >= 11 is 7.56. The fraction of sp³-hybridized carbons (Fsp3) is 0.333. The number of hydrogen-bond acceptors (Lipinski definition) is 7. The maximum Gasteiger partial charge on any atom is 0.282 e. The van der Waals surface area contributed by atoms with Gasteiger partial charge in [-0.1, -0.05) is 17.7 Å². The van der Waals surface area contributed by atoms with E-state index < -0.39 is 11.8 Å². The van der Waals surface area contributed by atoms with E-state index >= 15 is 0 Å². The minimum Gasteiger partial charge on any atom is -0.495 e. The van der Waals surface area contributed by atoms with Crippen LogP contribution < -0.4 is 9.64 Å². The number of nitrogens with zero attached hydrogens (tertiary/aromatic N) is 2. The largest absolute Gasteiger partial charge is 0.495 e. The fourth-order valence-electron chi connectivity index (χ4n) is 3.25. The van der Waals surface area contributed by atoms with Gasteiger partial charge in [-0.3, -0.25) is 9.59 Å². The van der Waals surface area contributed by atoms with Crippen molar-refractivity contribution in [1.82, 2.24) is 4.90 Å². The summed E-state index contributed by atoms with van der Waals surface area (Å²) in [6, 6.07) is 8.51. The van der Waals surface area contributed by atoms with Crippen LogP contribution in [0.25, 0.3) is 5.57 Å². The standard InChI is InChI=1S/C21H23ClN2O5S/c1-27-10-8-23(9-11-28-2)19-18(17-5-4-12-30-17)20(25)24(21(19)26)15-13-14(22)6-7-16(15)29-3/h4-7,12-13H,8-11H2,1-3H3. The zero-order chi connectivity index (χ0) is 21.7. The van der Waals surface area contributed by atoms with Gasteiger partial charge < -0.3 is 19.1 Å². The van der Waals surface area contributed by atoms with Gasteiger partial charge in [-0.05, 0) is 29.6 Å². The summed E-state index contributed by atoms with van der Waals surface area (Å²) in [4.78, 5) is 30.8. The summed E-state index contributed by atoms with van der Waals surface area (Å²) in [6.45, 7) is 1.66. The van der Waals surface area contributed by atoms with Crippen LogP contribution >= 0.6 is 22.9 Å². The molecule has 30 heavy (non-hydrogen) atoms. The van der Waals surface area contributed by atoms with Crippen molar-refractivity contribution in [3.63, 3.8) is 0 Å². The van der Waals surface area contributed by atoms with Crippen molar-refractivity contribution in [1.29, 1.82) is 0 Å². The zero-order valence-corrected chi connectivity index (χ0v) is 18.6. The molecule has 1 aliphatic heterocycles. The second kappa shape index (κ2) is 10.1. The van der Waals surface area contributed by atoms with Crippen molar-refractivity contribution in [2.75, 3.05) is 52.5 Å². The van der Waals surface area contributed by atoms with Crippen LogP contribution in [-0.4, -0.2) is 64.3 Å². The number of benzene rings is 1. The fourth-order valence-corrected chi connectivity index (χ4v) is 4.18. The smallest absolute Gasteiger partial charge is 0.282 e. The number of anilines is 1. The normalized spacial score (nSPS) is 14.1. The molecule has 3 rings (SSSR count). The lowest BCUT2D eigenvalue weighted by atomic mass is 10.1. The van der Waals surface area contributed by atoms with Crippen molar-refractivity contribution in [3.05, 3.63) is 51.3 Å². The molecule has 160 valence electrons. The number of halogens is 1. The van der Waals surface area contributed by atoms with Gasteiger partial charge in [0, 0.05) is 37.2 Å². The number of rotatable bonds is 10. The first kappa shape index (κ1) is 22.3. The van der Waals surface area contributed by atoms with E-state index in [1.54, 1.807) is 32.4 Å². The Labute approximate surface area is 184 Å². The van der Waals surface area contributed by atoms with Crippen molar-refractivity contribution in [2.24, 2.45) is 0 Å². The molecule has 1 aromatic carbocycles. The predicted octanol–water partition coefficient (Wildman–Crippen LogP) is 3.29. The summed E-state index contributed by atoms with van der Waals surface area (Å²) in [7, 11) is 4.66. The number of carbonyl (C=O) groups excluding carboxylic acids is 2. The third kappa shape index (κ3) is 4.37. The van der Waals surface area contributed by atoms with Crippen LogP contribution in [0.15, 0.2) is 41.4 Å². The van der Waals surface area contributed by atoms with Gasteiger partial charge in [-0.15, -0.1) is 11.3 Å². The molecule has 2 heterocycles. The molecule has 0 saturated heterocycles. The monoisotopic (exact) mass is 450 g/mol. The quantitative estimate of drug-likeness (QED) is 0.517. The van der Waals surface area contributed by atoms with Crippen molar-refractivity contribution in [3.8, 4) is 5.75 Å². The molecule has 0 N–H and O–H groups in total. The molecule has 1 aliphatic rings. The molecule has 0 saturated carbocycles. The van der Waals surface area contributed by atoms with Crippen molar-refractivity contribution in [2.45, 2.75) is 0 Å². The summed E-state index contributed by atoms with van der Waals surface area (Å²) in [5, 5.41) is 2.27. The third-order valence-electron chi connectivity index (χ3n) is 4.66. The molecule has 7 nitrogen and oxygen atoms in total. The van der Waals surface area contributed by atoms with Gasteiger partial charge in [0.15, 0.2) is 0 Å². The van der Waals surface area contributed by atoms with Gasteiger partial charge >= 0.3 is 0 Å². The SMILES string of the molecule is COCCN(CCOC)C1=C(c2cccs2)C(=O)N(c2cc(Cl)ccc2OC)C1=O. The Morgan fingerprint density at radius 2 is 1.73 bits per heavy atom. The van der Waals surface area contributed by atoms with Gasteiger partial charge in [0.2, 0.25) is 0 Å². The van der Waals surface area contributed by atoms with Gasteiger partial charge in [0.1, 0.15) is 11.4 Å². The molecular formula is C21H23ClN2O5S. The maximum atomic E-state index is 13.6. The lowest BCUT2D eigenvalue weighted by molar-refractivity contribution is -0.120.